The maximum Gasteiger partial charge on any atom is 0.244 e. The molecule has 0 spiro atoms. The second-order valence-corrected chi connectivity index (χ2v) is 4.83. The van der Waals surface area contributed by atoms with E-state index in [0.717, 1.165) is 16.9 Å². The summed E-state index contributed by atoms with van der Waals surface area (Å²) in [7, 11) is 3.95. The summed E-state index contributed by atoms with van der Waals surface area (Å²) in [5, 5.41) is 3.16. The van der Waals surface area contributed by atoms with Gasteiger partial charge in [0.15, 0.2) is 0 Å². The fourth-order valence-electron chi connectivity index (χ4n) is 1.98. The standard InChI is InChI=1S/C16H19N3O/c1-19(2)14-10-8-12(9-11-14)15(16(17)20)18-13-6-4-3-5-7-13/h3-11,15,18H,1-2H3,(H2,17,20). The molecule has 104 valence electrons. The van der Waals surface area contributed by atoms with Crippen molar-refractivity contribution in [2.45, 2.75) is 6.04 Å². The fourth-order valence-corrected chi connectivity index (χ4v) is 1.98. The van der Waals surface area contributed by atoms with Crippen LogP contribution in [0, 0.1) is 0 Å². The van der Waals surface area contributed by atoms with Crippen LogP contribution in [-0.4, -0.2) is 20.0 Å². The van der Waals surface area contributed by atoms with Crippen molar-refractivity contribution >= 4 is 17.3 Å². The molecule has 0 saturated heterocycles. The van der Waals surface area contributed by atoms with Crippen LogP contribution in [0.2, 0.25) is 0 Å². The van der Waals surface area contributed by atoms with Gasteiger partial charge in [-0.1, -0.05) is 30.3 Å². The molecule has 20 heavy (non-hydrogen) atoms. The molecule has 0 aliphatic heterocycles. The Balaban J connectivity index is 2.22. The van der Waals surface area contributed by atoms with Crippen molar-refractivity contribution < 1.29 is 4.79 Å². The number of rotatable bonds is 5. The van der Waals surface area contributed by atoms with E-state index < -0.39 is 11.9 Å². The normalized spacial score (nSPS) is 11.7. The van der Waals surface area contributed by atoms with Crippen molar-refractivity contribution in [3.05, 3.63) is 60.2 Å². The summed E-state index contributed by atoms with van der Waals surface area (Å²) in [5.41, 5.74) is 8.30. The Hall–Kier alpha value is -2.49. The second kappa shape index (κ2) is 6.10. The van der Waals surface area contributed by atoms with E-state index in [9.17, 15) is 4.79 Å². The van der Waals surface area contributed by atoms with E-state index in [0.29, 0.717) is 0 Å². The summed E-state index contributed by atoms with van der Waals surface area (Å²) >= 11 is 0. The highest BCUT2D eigenvalue weighted by Crippen LogP contribution is 2.21. The lowest BCUT2D eigenvalue weighted by atomic mass is 10.1. The maximum atomic E-state index is 11.7. The number of carbonyl (C=O) groups excluding carboxylic acids is 1. The molecule has 0 aromatic heterocycles. The maximum absolute atomic E-state index is 11.7. The smallest absolute Gasteiger partial charge is 0.244 e. The number of nitrogens with zero attached hydrogens (tertiary/aromatic N) is 1. The number of nitrogens with two attached hydrogens (primary N) is 1. The first-order chi connectivity index (χ1) is 9.58. The van der Waals surface area contributed by atoms with E-state index in [1.165, 1.54) is 0 Å². The molecule has 0 aliphatic rings. The number of primary amides is 1. The molecule has 1 unspecified atom stereocenters. The quantitative estimate of drug-likeness (QED) is 0.876. The van der Waals surface area contributed by atoms with Crippen molar-refractivity contribution in [2.75, 3.05) is 24.3 Å². The molecule has 3 N–H and O–H groups in total. The van der Waals surface area contributed by atoms with Crippen LogP contribution in [-0.2, 0) is 4.79 Å². The van der Waals surface area contributed by atoms with Gasteiger partial charge in [0.2, 0.25) is 5.91 Å². The molecule has 0 saturated carbocycles. The lowest BCUT2D eigenvalue weighted by Crippen LogP contribution is -2.27. The first kappa shape index (κ1) is 13.9. The van der Waals surface area contributed by atoms with Crippen molar-refractivity contribution in [1.82, 2.24) is 0 Å². The third-order valence-corrected chi connectivity index (χ3v) is 3.11. The van der Waals surface area contributed by atoms with Crippen LogP contribution < -0.4 is 16.0 Å². The van der Waals surface area contributed by atoms with Crippen molar-refractivity contribution in [3.8, 4) is 0 Å². The van der Waals surface area contributed by atoms with E-state index in [2.05, 4.69) is 5.32 Å². The molecule has 4 nitrogen and oxygen atoms in total. The number of benzene rings is 2. The predicted octanol–water partition coefficient (Wildman–Crippen LogP) is 2.39. The van der Waals surface area contributed by atoms with E-state index in [4.69, 9.17) is 5.73 Å². The number of hydrogen-bond acceptors (Lipinski definition) is 3. The zero-order chi connectivity index (χ0) is 14.5. The SMILES string of the molecule is CN(C)c1ccc(C(Nc2ccccc2)C(N)=O)cc1. The van der Waals surface area contributed by atoms with Gasteiger partial charge in [-0.25, -0.2) is 0 Å². The van der Waals surface area contributed by atoms with E-state index in [1.54, 1.807) is 0 Å². The van der Waals surface area contributed by atoms with Crippen LogP contribution in [0.3, 0.4) is 0 Å². The molecule has 0 bridgehead atoms. The molecular weight excluding hydrogens is 250 g/mol. The summed E-state index contributed by atoms with van der Waals surface area (Å²) in [6, 6.07) is 16.8. The van der Waals surface area contributed by atoms with Crippen LogP contribution >= 0.6 is 0 Å². The lowest BCUT2D eigenvalue weighted by Gasteiger charge is -2.19. The van der Waals surface area contributed by atoms with Gasteiger partial charge in [-0.05, 0) is 29.8 Å². The monoisotopic (exact) mass is 269 g/mol. The number of carbonyl (C=O) groups is 1. The highest BCUT2D eigenvalue weighted by atomic mass is 16.1. The van der Waals surface area contributed by atoms with Gasteiger partial charge in [0.25, 0.3) is 0 Å². The Morgan fingerprint density at radius 2 is 1.65 bits per heavy atom. The first-order valence-corrected chi connectivity index (χ1v) is 6.46. The average molecular weight is 269 g/mol. The zero-order valence-electron chi connectivity index (χ0n) is 11.7. The Bertz CT molecular complexity index is 564. The molecular formula is C16H19N3O. The van der Waals surface area contributed by atoms with E-state index >= 15 is 0 Å². The van der Waals surface area contributed by atoms with Crippen LogP contribution in [0.5, 0.6) is 0 Å². The van der Waals surface area contributed by atoms with Crippen LogP contribution in [0.25, 0.3) is 0 Å². The molecule has 0 radical (unpaired) electrons. The van der Waals surface area contributed by atoms with E-state index in [1.807, 2.05) is 73.6 Å². The number of amides is 1. The minimum absolute atomic E-state index is 0.397. The Kier molecular flexibility index (Phi) is 4.25. The molecule has 4 heteroatoms. The average Bonchev–Trinajstić information content (AvgIpc) is 2.45. The van der Waals surface area contributed by atoms with Crippen molar-refractivity contribution in [2.24, 2.45) is 5.73 Å². The number of para-hydroxylation sites is 1. The summed E-state index contributed by atoms with van der Waals surface area (Å²) in [6.07, 6.45) is 0. The van der Waals surface area contributed by atoms with Gasteiger partial charge in [-0.3, -0.25) is 4.79 Å². The molecule has 2 aromatic carbocycles. The zero-order valence-corrected chi connectivity index (χ0v) is 11.7. The summed E-state index contributed by atoms with van der Waals surface area (Å²) in [6.45, 7) is 0. The van der Waals surface area contributed by atoms with E-state index in [-0.39, 0.29) is 0 Å². The topological polar surface area (TPSA) is 58.4 Å². The van der Waals surface area contributed by atoms with Gasteiger partial charge < -0.3 is 16.0 Å². The van der Waals surface area contributed by atoms with Crippen LogP contribution in [0.1, 0.15) is 11.6 Å². The predicted molar refractivity (Wildman–Crippen MR) is 82.8 cm³/mol. The van der Waals surface area contributed by atoms with Gasteiger partial charge in [-0.2, -0.15) is 0 Å². The van der Waals surface area contributed by atoms with Gasteiger partial charge in [-0.15, -0.1) is 0 Å². The minimum atomic E-state index is -0.534. The molecule has 2 aromatic rings. The number of nitrogens with one attached hydrogen (secondary N) is 1. The van der Waals surface area contributed by atoms with Gasteiger partial charge in [0.05, 0.1) is 0 Å². The van der Waals surface area contributed by atoms with Crippen LogP contribution in [0.15, 0.2) is 54.6 Å². The largest absolute Gasteiger partial charge is 0.378 e. The number of anilines is 2. The van der Waals surface area contributed by atoms with Crippen LogP contribution in [0.4, 0.5) is 11.4 Å². The van der Waals surface area contributed by atoms with Gasteiger partial charge >= 0.3 is 0 Å². The summed E-state index contributed by atoms with van der Waals surface area (Å²) < 4.78 is 0. The van der Waals surface area contributed by atoms with Crippen molar-refractivity contribution in [3.63, 3.8) is 0 Å². The second-order valence-electron chi connectivity index (χ2n) is 4.83. The molecule has 0 heterocycles. The Labute approximate surface area is 119 Å². The Morgan fingerprint density at radius 3 is 2.15 bits per heavy atom. The van der Waals surface area contributed by atoms with Gasteiger partial charge in [0, 0.05) is 25.5 Å². The Morgan fingerprint density at radius 1 is 1.05 bits per heavy atom. The minimum Gasteiger partial charge on any atom is -0.378 e. The highest BCUT2D eigenvalue weighted by molar-refractivity contribution is 5.84. The van der Waals surface area contributed by atoms with Gasteiger partial charge in [0.1, 0.15) is 6.04 Å². The molecule has 0 fully saturated rings. The molecule has 1 atom stereocenters. The highest BCUT2D eigenvalue weighted by Gasteiger charge is 2.17. The molecule has 0 aliphatic carbocycles. The fraction of sp³-hybridized carbons (Fsp3) is 0.188. The van der Waals surface area contributed by atoms with Crippen molar-refractivity contribution in [1.29, 1.82) is 0 Å². The molecule has 2 rings (SSSR count). The third kappa shape index (κ3) is 3.29. The summed E-state index contributed by atoms with van der Waals surface area (Å²) in [5.74, 6) is -0.397. The lowest BCUT2D eigenvalue weighted by molar-refractivity contribution is -0.118. The first-order valence-electron chi connectivity index (χ1n) is 6.46. The number of hydrogen-bond donors (Lipinski definition) is 2. The third-order valence-electron chi connectivity index (χ3n) is 3.11. The summed E-state index contributed by atoms with van der Waals surface area (Å²) in [4.78, 5) is 13.7. The molecule has 1 amide bonds.